The lowest BCUT2D eigenvalue weighted by atomic mass is 10.1. The van der Waals surface area contributed by atoms with Crippen molar-refractivity contribution in [2.45, 2.75) is 13.0 Å². The zero-order chi connectivity index (χ0) is 13.9. The fourth-order valence-electron chi connectivity index (χ4n) is 2.16. The fraction of sp³-hybridized carbons (Fsp3) is 0.125. The molecule has 1 aromatic carbocycles. The molecule has 0 aliphatic carbocycles. The van der Waals surface area contributed by atoms with Gasteiger partial charge in [-0.15, -0.1) is 0 Å². The van der Waals surface area contributed by atoms with Crippen LogP contribution in [0.1, 0.15) is 18.5 Å². The summed E-state index contributed by atoms with van der Waals surface area (Å²) in [5, 5.41) is 4.43. The summed E-state index contributed by atoms with van der Waals surface area (Å²) in [4.78, 5) is 8.73. The zero-order valence-electron chi connectivity index (χ0n) is 11.2. The Morgan fingerprint density at radius 3 is 2.85 bits per heavy atom. The number of fused-ring (bicyclic) bond motifs is 1. The van der Waals surface area contributed by atoms with Crippen molar-refractivity contribution < 1.29 is 0 Å². The van der Waals surface area contributed by atoms with E-state index < -0.39 is 0 Å². The van der Waals surface area contributed by atoms with Gasteiger partial charge in [-0.3, -0.25) is 4.98 Å². The van der Waals surface area contributed by atoms with Gasteiger partial charge in [-0.05, 0) is 48.9 Å². The monoisotopic (exact) mass is 264 g/mol. The fourth-order valence-corrected chi connectivity index (χ4v) is 2.16. The normalized spacial score (nSPS) is 12.2. The Morgan fingerprint density at radius 1 is 1.15 bits per heavy atom. The molecule has 2 aromatic heterocycles. The van der Waals surface area contributed by atoms with Crippen molar-refractivity contribution >= 4 is 22.4 Å². The Hall–Kier alpha value is -2.62. The maximum atomic E-state index is 5.77. The maximum Gasteiger partial charge on any atom is 0.127 e. The Balaban J connectivity index is 1.86. The highest BCUT2D eigenvalue weighted by molar-refractivity contribution is 5.83. The van der Waals surface area contributed by atoms with E-state index in [-0.39, 0.29) is 6.04 Å². The number of anilines is 2. The third-order valence-corrected chi connectivity index (χ3v) is 3.26. The van der Waals surface area contributed by atoms with Crippen LogP contribution in [-0.4, -0.2) is 9.97 Å². The Kier molecular flexibility index (Phi) is 3.21. The van der Waals surface area contributed by atoms with Crippen LogP contribution in [0.4, 0.5) is 11.5 Å². The molecule has 2 heterocycles. The average Bonchev–Trinajstić information content (AvgIpc) is 2.48. The van der Waals surface area contributed by atoms with Crippen molar-refractivity contribution in [3.05, 3.63) is 60.4 Å². The smallest absolute Gasteiger partial charge is 0.127 e. The van der Waals surface area contributed by atoms with Crippen LogP contribution in [0.25, 0.3) is 10.9 Å². The molecule has 0 aliphatic heterocycles. The van der Waals surface area contributed by atoms with E-state index in [4.69, 9.17) is 5.73 Å². The highest BCUT2D eigenvalue weighted by atomic mass is 15.0. The summed E-state index contributed by atoms with van der Waals surface area (Å²) in [6.07, 6.45) is 3.63. The molecule has 20 heavy (non-hydrogen) atoms. The van der Waals surface area contributed by atoms with Crippen LogP contribution in [0.15, 0.2) is 54.9 Å². The standard InChI is InChI=1S/C16H16N4/c1-11(13-3-2-8-18-10-13)19-16-7-4-12-9-14(17)5-6-15(12)20-16/h2-11H,17H2,1H3,(H,19,20). The lowest BCUT2D eigenvalue weighted by Crippen LogP contribution is -2.08. The summed E-state index contributed by atoms with van der Waals surface area (Å²) in [6.45, 7) is 2.09. The van der Waals surface area contributed by atoms with Gasteiger partial charge in [0.05, 0.1) is 11.6 Å². The number of aromatic nitrogens is 2. The second-order valence-electron chi connectivity index (χ2n) is 4.80. The Labute approximate surface area is 117 Å². The number of hydrogen-bond donors (Lipinski definition) is 2. The molecule has 0 aliphatic rings. The van der Waals surface area contributed by atoms with Crippen LogP contribution in [0, 0.1) is 0 Å². The van der Waals surface area contributed by atoms with E-state index in [1.54, 1.807) is 6.20 Å². The predicted octanol–water partition coefficient (Wildman–Crippen LogP) is 3.39. The molecule has 1 atom stereocenters. The lowest BCUT2D eigenvalue weighted by Gasteiger charge is -2.14. The summed E-state index contributed by atoms with van der Waals surface area (Å²) in [7, 11) is 0. The topological polar surface area (TPSA) is 63.8 Å². The molecule has 1 unspecified atom stereocenters. The third-order valence-electron chi connectivity index (χ3n) is 3.26. The highest BCUT2D eigenvalue weighted by Gasteiger charge is 2.06. The van der Waals surface area contributed by atoms with Crippen molar-refractivity contribution in [2.75, 3.05) is 11.1 Å². The summed E-state index contributed by atoms with van der Waals surface area (Å²) in [5.41, 5.74) is 8.59. The molecule has 0 radical (unpaired) electrons. The highest BCUT2D eigenvalue weighted by Crippen LogP contribution is 2.21. The van der Waals surface area contributed by atoms with Gasteiger partial charge in [0.25, 0.3) is 0 Å². The van der Waals surface area contributed by atoms with Crippen molar-refractivity contribution in [1.82, 2.24) is 9.97 Å². The summed E-state index contributed by atoms with van der Waals surface area (Å²) in [6, 6.07) is 13.9. The minimum Gasteiger partial charge on any atom is -0.399 e. The molecule has 0 bridgehead atoms. The minimum atomic E-state index is 0.155. The van der Waals surface area contributed by atoms with Crippen LogP contribution >= 0.6 is 0 Å². The zero-order valence-corrected chi connectivity index (χ0v) is 11.2. The molecule has 0 saturated heterocycles. The van der Waals surface area contributed by atoms with Gasteiger partial charge in [0.2, 0.25) is 0 Å². The van der Waals surface area contributed by atoms with Crippen molar-refractivity contribution in [2.24, 2.45) is 0 Å². The first-order chi connectivity index (χ1) is 9.72. The van der Waals surface area contributed by atoms with E-state index in [9.17, 15) is 0 Å². The van der Waals surface area contributed by atoms with Crippen LogP contribution < -0.4 is 11.1 Å². The van der Waals surface area contributed by atoms with E-state index >= 15 is 0 Å². The predicted molar refractivity (Wildman–Crippen MR) is 82.4 cm³/mol. The second-order valence-corrected chi connectivity index (χ2v) is 4.80. The third kappa shape index (κ3) is 2.54. The van der Waals surface area contributed by atoms with Gasteiger partial charge in [-0.1, -0.05) is 6.07 Å². The Morgan fingerprint density at radius 2 is 2.05 bits per heavy atom. The van der Waals surface area contributed by atoms with Crippen LogP contribution in [0.3, 0.4) is 0 Å². The second kappa shape index (κ2) is 5.17. The quantitative estimate of drug-likeness (QED) is 0.712. The number of benzene rings is 1. The lowest BCUT2D eigenvalue weighted by molar-refractivity contribution is 0.868. The molecule has 0 saturated carbocycles. The van der Waals surface area contributed by atoms with Crippen molar-refractivity contribution in [3.8, 4) is 0 Å². The number of nitrogens with two attached hydrogens (primary N) is 1. The van der Waals surface area contributed by atoms with E-state index in [1.165, 1.54) is 0 Å². The van der Waals surface area contributed by atoms with Gasteiger partial charge in [0.1, 0.15) is 5.82 Å². The van der Waals surface area contributed by atoms with Crippen molar-refractivity contribution in [1.29, 1.82) is 0 Å². The van der Waals surface area contributed by atoms with Gasteiger partial charge >= 0.3 is 0 Å². The molecule has 100 valence electrons. The SMILES string of the molecule is CC(Nc1ccc2cc(N)ccc2n1)c1cccnc1. The molecular formula is C16H16N4. The van der Waals surface area contributed by atoms with Gasteiger partial charge in [0.15, 0.2) is 0 Å². The molecule has 4 nitrogen and oxygen atoms in total. The van der Waals surface area contributed by atoms with Crippen LogP contribution in [0.5, 0.6) is 0 Å². The molecule has 0 spiro atoms. The van der Waals surface area contributed by atoms with E-state index in [0.29, 0.717) is 0 Å². The molecule has 3 aromatic rings. The first-order valence-electron chi connectivity index (χ1n) is 6.55. The van der Waals surface area contributed by atoms with Gasteiger partial charge < -0.3 is 11.1 Å². The van der Waals surface area contributed by atoms with E-state index in [0.717, 1.165) is 28.0 Å². The Bertz CT molecular complexity index is 725. The molecule has 0 fully saturated rings. The molecule has 3 rings (SSSR count). The number of pyridine rings is 2. The van der Waals surface area contributed by atoms with Gasteiger partial charge in [-0.25, -0.2) is 4.98 Å². The van der Waals surface area contributed by atoms with E-state index in [1.807, 2.05) is 48.7 Å². The average molecular weight is 264 g/mol. The number of nitrogens with zero attached hydrogens (tertiary/aromatic N) is 2. The molecule has 4 heteroatoms. The number of nitrogen functional groups attached to an aromatic ring is 1. The summed E-state index contributed by atoms with van der Waals surface area (Å²) < 4.78 is 0. The first kappa shape index (κ1) is 12.4. The number of hydrogen-bond acceptors (Lipinski definition) is 4. The first-order valence-corrected chi connectivity index (χ1v) is 6.55. The van der Waals surface area contributed by atoms with Crippen molar-refractivity contribution in [3.63, 3.8) is 0 Å². The number of nitrogens with one attached hydrogen (secondary N) is 1. The maximum absolute atomic E-state index is 5.77. The van der Waals surface area contributed by atoms with Gasteiger partial charge in [0, 0.05) is 23.5 Å². The summed E-state index contributed by atoms with van der Waals surface area (Å²) in [5.74, 6) is 0.846. The van der Waals surface area contributed by atoms with E-state index in [2.05, 4.69) is 22.2 Å². The largest absolute Gasteiger partial charge is 0.399 e. The van der Waals surface area contributed by atoms with Crippen LogP contribution in [-0.2, 0) is 0 Å². The summed E-state index contributed by atoms with van der Waals surface area (Å²) >= 11 is 0. The minimum absolute atomic E-state index is 0.155. The molecular weight excluding hydrogens is 248 g/mol. The molecule has 0 amide bonds. The van der Waals surface area contributed by atoms with Crippen LogP contribution in [0.2, 0.25) is 0 Å². The number of rotatable bonds is 3. The molecule has 3 N–H and O–H groups in total. The van der Waals surface area contributed by atoms with Gasteiger partial charge in [-0.2, -0.15) is 0 Å².